The molecule has 0 atom stereocenters. The van der Waals surface area contributed by atoms with E-state index in [1.54, 1.807) is 42.5 Å². The highest BCUT2D eigenvalue weighted by Crippen LogP contribution is 2.34. The van der Waals surface area contributed by atoms with Crippen molar-refractivity contribution in [3.8, 4) is 0 Å². The van der Waals surface area contributed by atoms with Gasteiger partial charge in [-0.15, -0.1) is 0 Å². The molecule has 1 heterocycles. The van der Waals surface area contributed by atoms with Crippen LogP contribution in [0.3, 0.4) is 0 Å². The Morgan fingerprint density at radius 1 is 1.00 bits per heavy atom. The van der Waals surface area contributed by atoms with Gasteiger partial charge in [0.25, 0.3) is 0 Å². The highest BCUT2D eigenvalue weighted by Gasteiger charge is 2.36. The molecule has 0 aromatic heterocycles. The van der Waals surface area contributed by atoms with Gasteiger partial charge in [0, 0.05) is 15.6 Å². The van der Waals surface area contributed by atoms with E-state index in [9.17, 15) is 13.2 Å². The van der Waals surface area contributed by atoms with Gasteiger partial charge in [-0.2, -0.15) is 0 Å². The number of hydrogen-bond acceptors (Lipinski definition) is 3. The third-order valence-electron chi connectivity index (χ3n) is 3.45. The average Bonchev–Trinajstić information content (AvgIpc) is 2.79. The maximum atomic E-state index is 12.7. The van der Waals surface area contributed by atoms with Crippen LogP contribution in [0.5, 0.6) is 0 Å². The minimum Gasteiger partial charge on any atom is -0.273 e. The van der Waals surface area contributed by atoms with Gasteiger partial charge in [0.1, 0.15) is 0 Å². The van der Waals surface area contributed by atoms with E-state index in [1.165, 1.54) is 0 Å². The van der Waals surface area contributed by atoms with Gasteiger partial charge in [0.05, 0.1) is 17.9 Å². The van der Waals surface area contributed by atoms with Crippen LogP contribution < -0.4 is 4.31 Å². The number of sulfonamides is 1. The molecule has 0 N–H and O–H groups in total. The van der Waals surface area contributed by atoms with Crippen LogP contribution in [0.15, 0.2) is 42.5 Å². The lowest BCUT2D eigenvalue weighted by atomic mass is 10.2. The molecule has 1 aliphatic rings. The van der Waals surface area contributed by atoms with Crippen LogP contribution in [0.4, 0.5) is 5.69 Å². The van der Waals surface area contributed by atoms with Crippen molar-refractivity contribution < 1.29 is 13.2 Å². The van der Waals surface area contributed by atoms with E-state index in [0.717, 1.165) is 4.31 Å². The zero-order chi connectivity index (χ0) is 15.9. The van der Waals surface area contributed by atoms with Crippen LogP contribution in [0.1, 0.15) is 11.1 Å². The van der Waals surface area contributed by atoms with Crippen LogP contribution in [0.25, 0.3) is 0 Å². The predicted octanol–water partition coefficient (Wildman–Crippen LogP) is 3.41. The standard InChI is InChI=1S/C15H11Cl2NO3S/c16-12-5-3-6-13(17)11(12)9-22(20,21)18-14-7-2-1-4-10(14)8-15(18)19/h1-7H,8-9H2. The van der Waals surface area contributed by atoms with Crippen molar-refractivity contribution in [3.63, 3.8) is 0 Å². The molecule has 0 unspecified atom stereocenters. The summed E-state index contributed by atoms with van der Waals surface area (Å²) in [5.41, 5.74) is 1.39. The molecule has 1 aliphatic heterocycles. The number of para-hydroxylation sites is 1. The monoisotopic (exact) mass is 355 g/mol. The van der Waals surface area contributed by atoms with Crippen LogP contribution in [-0.2, 0) is 27.0 Å². The smallest absolute Gasteiger partial charge is 0.246 e. The van der Waals surface area contributed by atoms with Crippen LogP contribution >= 0.6 is 23.2 Å². The highest BCUT2D eigenvalue weighted by atomic mass is 35.5. The van der Waals surface area contributed by atoms with Crippen molar-refractivity contribution in [2.45, 2.75) is 12.2 Å². The summed E-state index contributed by atoms with van der Waals surface area (Å²) in [6.45, 7) is 0. The minimum absolute atomic E-state index is 0.0751. The number of anilines is 1. The van der Waals surface area contributed by atoms with E-state index in [4.69, 9.17) is 23.2 Å². The lowest BCUT2D eigenvalue weighted by molar-refractivity contribution is -0.116. The van der Waals surface area contributed by atoms with Crippen LogP contribution in [-0.4, -0.2) is 14.3 Å². The van der Waals surface area contributed by atoms with Gasteiger partial charge < -0.3 is 0 Å². The molecule has 0 bridgehead atoms. The lowest BCUT2D eigenvalue weighted by Crippen LogP contribution is -2.34. The molecule has 0 radical (unpaired) electrons. The second-order valence-electron chi connectivity index (χ2n) is 4.92. The second kappa shape index (κ2) is 5.57. The molecule has 0 spiro atoms. The van der Waals surface area contributed by atoms with Gasteiger partial charge in [-0.05, 0) is 23.8 Å². The summed E-state index contributed by atoms with van der Waals surface area (Å²) in [6.07, 6.45) is 0.0751. The van der Waals surface area contributed by atoms with Crippen LogP contribution in [0.2, 0.25) is 10.0 Å². The number of benzene rings is 2. The summed E-state index contributed by atoms with van der Waals surface area (Å²) in [5, 5.41) is 0.520. The number of amides is 1. The zero-order valence-corrected chi connectivity index (χ0v) is 13.6. The molecule has 2 aromatic carbocycles. The maximum Gasteiger partial charge on any atom is 0.246 e. The highest BCUT2D eigenvalue weighted by molar-refractivity contribution is 7.92. The first-order valence-electron chi connectivity index (χ1n) is 6.47. The minimum atomic E-state index is -3.91. The molecular weight excluding hydrogens is 345 g/mol. The first-order valence-corrected chi connectivity index (χ1v) is 8.83. The number of halogens is 2. The van der Waals surface area contributed by atoms with Crippen molar-refractivity contribution in [1.29, 1.82) is 0 Å². The Bertz CT molecular complexity index is 845. The van der Waals surface area contributed by atoms with Crippen LogP contribution in [0, 0.1) is 0 Å². The van der Waals surface area contributed by atoms with Gasteiger partial charge in [-0.1, -0.05) is 47.5 Å². The molecular formula is C15H11Cl2NO3S. The number of nitrogens with zero attached hydrogens (tertiary/aromatic N) is 1. The van der Waals surface area contributed by atoms with Crippen molar-refractivity contribution in [1.82, 2.24) is 0 Å². The first kappa shape index (κ1) is 15.3. The van der Waals surface area contributed by atoms with E-state index in [0.29, 0.717) is 16.8 Å². The van der Waals surface area contributed by atoms with Gasteiger partial charge in [0.2, 0.25) is 15.9 Å². The maximum absolute atomic E-state index is 12.7. The van der Waals surface area contributed by atoms with Gasteiger partial charge >= 0.3 is 0 Å². The summed E-state index contributed by atoms with van der Waals surface area (Å²) < 4.78 is 26.2. The lowest BCUT2D eigenvalue weighted by Gasteiger charge is -2.18. The molecule has 0 saturated carbocycles. The van der Waals surface area contributed by atoms with Crippen molar-refractivity contribution in [2.24, 2.45) is 0 Å². The van der Waals surface area contributed by atoms with E-state index in [-0.39, 0.29) is 16.5 Å². The zero-order valence-electron chi connectivity index (χ0n) is 11.3. The first-order chi connectivity index (χ1) is 10.4. The van der Waals surface area contributed by atoms with Gasteiger partial charge in [-0.25, -0.2) is 12.7 Å². The fourth-order valence-electron chi connectivity index (χ4n) is 2.45. The third-order valence-corrected chi connectivity index (χ3v) is 5.76. The summed E-state index contributed by atoms with van der Waals surface area (Å²) in [7, 11) is -3.91. The molecule has 7 heteroatoms. The Morgan fingerprint density at radius 2 is 1.64 bits per heavy atom. The molecule has 3 rings (SSSR count). The topological polar surface area (TPSA) is 54.5 Å². The molecule has 0 fully saturated rings. The van der Waals surface area contributed by atoms with E-state index < -0.39 is 21.7 Å². The van der Waals surface area contributed by atoms with Crippen molar-refractivity contribution in [3.05, 3.63) is 63.6 Å². The fraction of sp³-hybridized carbons (Fsp3) is 0.133. The average molecular weight is 356 g/mol. The number of carbonyl (C=O) groups excluding carboxylic acids is 1. The number of carbonyl (C=O) groups is 1. The fourth-order valence-corrected chi connectivity index (χ4v) is 4.80. The Labute approximate surface area is 138 Å². The van der Waals surface area contributed by atoms with E-state index in [2.05, 4.69) is 0 Å². The normalized spacial score (nSPS) is 14.3. The molecule has 22 heavy (non-hydrogen) atoms. The summed E-state index contributed by atoms with van der Waals surface area (Å²) in [6, 6.07) is 11.6. The van der Waals surface area contributed by atoms with E-state index in [1.807, 2.05) is 0 Å². The third kappa shape index (κ3) is 2.60. The number of hydrogen-bond donors (Lipinski definition) is 0. The van der Waals surface area contributed by atoms with Crippen molar-refractivity contribution >= 4 is 44.8 Å². The Morgan fingerprint density at radius 3 is 2.32 bits per heavy atom. The molecule has 0 aliphatic carbocycles. The largest absolute Gasteiger partial charge is 0.273 e. The SMILES string of the molecule is O=C1Cc2ccccc2N1S(=O)(=O)Cc1c(Cl)cccc1Cl. The molecule has 114 valence electrons. The Balaban J connectivity index is 2.03. The quantitative estimate of drug-likeness (QED) is 0.847. The molecule has 4 nitrogen and oxygen atoms in total. The predicted molar refractivity (Wildman–Crippen MR) is 86.7 cm³/mol. The van der Waals surface area contributed by atoms with Crippen molar-refractivity contribution in [2.75, 3.05) is 4.31 Å². The van der Waals surface area contributed by atoms with E-state index >= 15 is 0 Å². The number of rotatable bonds is 3. The summed E-state index contributed by atoms with van der Waals surface area (Å²) in [5.74, 6) is -0.893. The molecule has 1 amide bonds. The summed E-state index contributed by atoms with van der Waals surface area (Å²) in [4.78, 5) is 12.1. The Kier molecular flexibility index (Phi) is 3.89. The van der Waals surface area contributed by atoms with Gasteiger partial charge in [0.15, 0.2) is 0 Å². The summed E-state index contributed by atoms with van der Waals surface area (Å²) >= 11 is 12.1. The van der Waals surface area contributed by atoms with Gasteiger partial charge in [-0.3, -0.25) is 4.79 Å². The Hall–Kier alpha value is -1.56. The molecule has 2 aromatic rings. The molecule has 0 saturated heterocycles. The second-order valence-corrected chi connectivity index (χ2v) is 7.55. The number of fused-ring (bicyclic) bond motifs is 1.